The summed E-state index contributed by atoms with van der Waals surface area (Å²) in [7, 11) is 1.83. The van der Waals surface area contributed by atoms with Crippen molar-refractivity contribution in [1.29, 1.82) is 0 Å². The minimum absolute atomic E-state index is 0.0250. The van der Waals surface area contributed by atoms with Gasteiger partial charge in [-0.25, -0.2) is 4.79 Å². The Morgan fingerprint density at radius 2 is 1.95 bits per heavy atom. The lowest BCUT2D eigenvalue weighted by molar-refractivity contribution is -0.122. The molecule has 0 bridgehead atoms. The molecule has 2 amide bonds. The van der Waals surface area contributed by atoms with Crippen molar-refractivity contribution in [1.82, 2.24) is 15.5 Å². The van der Waals surface area contributed by atoms with Gasteiger partial charge in [0.25, 0.3) is 0 Å². The predicted octanol–water partition coefficient (Wildman–Crippen LogP) is 1.13. The Kier molecular flexibility index (Phi) is 7.91. The van der Waals surface area contributed by atoms with E-state index in [2.05, 4.69) is 17.2 Å². The predicted molar refractivity (Wildman–Crippen MR) is 79.5 cm³/mol. The van der Waals surface area contributed by atoms with E-state index >= 15 is 0 Å². The van der Waals surface area contributed by atoms with Crippen LogP contribution in [0.5, 0.6) is 0 Å². The molecule has 0 aromatic heterocycles. The standard InChI is InChI=1S/C14H27N3O3/c1-7-8-15-12(18)10-17(6)11(2)9-16-13(19)20-14(3,4)5/h7,11H,1,8-10H2,2-6H3,(H,15,18)(H,16,19). The fourth-order valence-electron chi connectivity index (χ4n) is 1.33. The van der Waals surface area contributed by atoms with E-state index in [0.717, 1.165) is 0 Å². The van der Waals surface area contributed by atoms with Crippen LogP contribution in [0.2, 0.25) is 0 Å². The van der Waals surface area contributed by atoms with Crippen LogP contribution in [0.1, 0.15) is 27.7 Å². The SMILES string of the molecule is C=CCNC(=O)CN(C)C(C)CNC(=O)OC(C)(C)C. The highest BCUT2D eigenvalue weighted by molar-refractivity contribution is 5.78. The third kappa shape index (κ3) is 9.38. The van der Waals surface area contributed by atoms with Crippen LogP contribution in [0.3, 0.4) is 0 Å². The summed E-state index contributed by atoms with van der Waals surface area (Å²) >= 11 is 0. The molecule has 0 radical (unpaired) electrons. The van der Waals surface area contributed by atoms with Gasteiger partial charge < -0.3 is 15.4 Å². The molecule has 0 aliphatic heterocycles. The molecule has 0 saturated carbocycles. The molecule has 0 fully saturated rings. The van der Waals surface area contributed by atoms with Crippen LogP contribution in [-0.4, -0.2) is 55.2 Å². The first-order valence-electron chi connectivity index (χ1n) is 6.70. The Hall–Kier alpha value is -1.56. The summed E-state index contributed by atoms with van der Waals surface area (Å²) < 4.78 is 5.14. The zero-order valence-corrected chi connectivity index (χ0v) is 13.2. The average Bonchev–Trinajstić information content (AvgIpc) is 2.31. The fraction of sp³-hybridized carbons (Fsp3) is 0.714. The normalized spacial score (nSPS) is 12.7. The minimum Gasteiger partial charge on any atom is -0.444 e. The molecule has 0 heterocycles. The molecule has 0 aromatic carbocycles. The van der Waals surface area contributed by atoms with E-state index in [1.54, 1.807) is 6.08 Å². The number of likely N-dealkylation sites (N-methyl/N-ethyl adjacent to an activating group) is 1. The average molecular weight is 285 g/mol. The Balaban J connectivity index is 4.01. The summed E-state index contributed by atoms with van der Waals surface area (Å²) in [4.78, 5) is 24.9. The lowest BCUT2D eigenvalue weighted by atomic mass is 10.2. The molecule has 0 saturated heterocycles. The molecular weight excluding hydrogens is 258 g/mol. The van der Waals surface area contributed by atoms with Gasteiger partial charge in [0.15, 0.2) is 0 Å². The smallest absolute Gasteiger partial charge is 0.407 e. The molecule has 20 heavy (non-hydrogen) atoms. The number of amides is 2. The minimum atomic E-state index is -0.510. The number of hydrogen-bond acceptors (Lipinski definition) is 4. The molecule has 6 nitrogen and oxygen atoms in total. The molecule has 0 aliphatic carbocycles. The second kappa shape index (κ2) is 8.58. The Labute approximate surface area is 121 Å². The summed E-state index contributed by atoms with van der Waals surface area (Å²) in [5, 5.41) is 5.39. The van der Waals surface area contributed by atoms with Gasteiger partial charge in [-0.15, -0.1) is 6.58 Å². The molecule has 0 spiro atoms. The van der Waals surface area contributed by atoms with Gasteiger partial charge in [0.2, 0.25) is 5.91 Å². The van der Waals surface area contributed by atoms with Crippen molar-refractivity contribution in [2.75, 3.05) is 26.7 Å². The van der Waals surface area contributed by atoms with E-state index in [1.165, 1.54) is 0 Å². The summed E-state index contributed by atoms with van der Waals surface area (Å²) in [6, 6.07) is 0.0250. The Morgan fingerprint density at radius 3 is 2.45 bits per heavy atom. The van der Waals surface area contributed by atoms with Gasteiger partial charge in [0.05, 0.1) is 6.54 Å². The van der Waals surface area contributed by atoms with Crippen LogP contribution in [0.4, 0.5) is 4.79 Å². The number of ether oxygens (including phenoxy) is 1. The summed E-state index contributed by atoms with van der Waals surface area (Å²) in [6.07, 6.45) is 1.18. The third-order valence-corrected chi connectivity index (χ3v) is 2.53. The molecule has 6 heteroatoms. The van der Waals surface area contributed by atoms with Gasteiger partial charge in [0, 0.05) is 19.1 Å². The number of nitrogens with zero attached hydrogens (tertiary/aromatic N) is 1. The van der Waals surface area contributed by atoms with Gasteiger partial charge in [-0.1, -0.05) is 6.08 Å². The van der Waals surface area contributed by atoms with Crippen molar-refractivity contribution in [3.8, 4) is 0 Å². The highest BCUT2D eigenvalue weighted by atomic mass is 16.6. The lowest BCUT2D eigenvalue weighted by Gasteiger charge is -2.25. The number of rotatable bonds is 7. The first-order valence-corrected chi connectivity index (χ1v) is 6.70. The van der Waals surface area contributed by atoms with E-state index < -0.39 is 11.7 Å². The fourth-order valence-corrected chi connectivity index (χ4v) is 1.33. The topological polar surface area (TPSA) is 70.7 Å². The van der Waals surface area contributed by atoms with Crippen molar-refractivity contribution >= 4 is 12.0 Å². The van der Waals surface area contributed by atoms with Gasteiger partial charge in [0.1, 0.15) is 5.60 Å². The zero-order valence-electron chi connectivity index (χ0n) is 13.2. The Morgan fingerprint density at radius 1 is 1.35 bits per heavy atom. The number of carbonyl (C=O) groups is 2. The van der Waals surface area contributed by atoms with Gasteiger partial charge in [-0.3, -0.25) is 9.69 Å². The maximum absolute atomic E-state index is 11.5. The molecule has 1 atom stereocenters. The zero-order chi connectivity index (χ0) is 15.8. The van der Waals surface area contributed by atoms with Crippen LogP contribution in [0, 0.1) is 0 Å². The van der Waals surface area contributed by atoms with E-state index in [9.17, 15) is 9.59 Å². The number of hydrogen-bond donors (Lipinski definition) is 2. The van der Waals surface area contributed by atoms with Crippen LogP contribution in [0.15, 0.2) is 12.7 Å². The van der Waals surface area contributed by atoms with Crippen molar-refractivity contribution in [2.24, 2.45) is 0 Å². The molecule has 0 aromatic rings. The van der Waals surface area contributed by atoms with E-state index in [1.807, 2.05) is 39.6 Å². The van der Waals surface area contributed by atoms with E-state index in [-0.39, 0.29) is 18.5 Å². The first kappa shape index (κ1) is 18.4. The first-order chi connectivity index (χ1) is 9.15. The molecule has 2 N–H and O–H groups in total. The maximum Gasteiger partial charge on any atom is 0.407 e. The van der Waals surface area contributed by atoms with Gasteiger partial charge in [-0.05, 0) is 34.7 Å². The number of carbonyl (C=O) groups excluding carboxylic acids is 2. The summed E-state index contributed by atoms with van der Waals surface area (Å²) in [5.41, 5.74) is -0.510. The van der Waals surface area contributed by atoms with Crippen LogP contribution in [0.25, 0.3) is 0 Å². The number of alkyl carbamates (subject to hydrolysis) is 1. The lowest BCUT2D eigenvalue weighted by Crippen LogP contribution is -2.45. The molecule has 0 rings (SSSR count). The quantitative estimate of drug-likeness (QED) is 0.688. The molecule has 0 aliphatic rings. The van der Waals surface area contributed by atoms with Gasteiger partial charge in [-0.2, -0.15) is 0 Å². The highest BCUT2D eigenvalue weighted by Gasteiger charge is 2.18. The second-order valence-electron chi connectivity index (χ2n) is 5.74. The number of nitrogens with one attached hydrogen (secondary N) is 2. The highest BCUT2D eigenvalue weighted by Crippen LogP contribution is 2.06. The van der Waals surface area contributed by atoms with E-state index in [0.29, 0.717) is 13.1 Å². The van der Waals surface area contributed by atoms with Crippen LogP contribution < -0.4 is 10.6 Å². The van der Waals surface area contributed by atoms with Crippen molar-refractivity contribution in [2.45, 2.75) is 39.3 Å². The van der Waals surface area contributed by atoms with Crippen molar-refractivity contribution in [3.05, 3.63) is 12.7 Å². The largest absolute Gasteiger partial charge is 0.444 e. The van der Waals surface area contributed by atoms with Crippen LogP contribution in [-0.2, 0) is 9.53 Å². The molecule has 1 unspecified atom stereocenters. The second-order valence-corrected chi connectivity index (χ2v) is 5.74. The molecular formula is C14H27N3O3. The van der Waals surface area contributed by atoms with Crippen molar-refractivity contribution in [3.63, 3.8) is 0 Å². The van der Waals surface area contributed by atoms with E-state index in [4.69, 9.17) is 4.74 Å². The van der Waals surface area contributed by atoms with Crippen molar-refractivity contribution < 1.29 is 14.3 Å². The van der Waals surface area contributed by atoms with Gasteiger partial charge >= 0.3 is 6.09 Å². The summed E-state index contributed by atoms with van der Waals surface area (Å²) in [5.74, 6) is -0.0727. The third-order valence-electron chi connectivity index (χ3n) is 2.53. The summed E-state index contributed by atoms with van der Waals surface area (Å²) in [6.45, 7) is 12.0. The Bertz CT molecular complexity index is 337. The van der Waals surface area contributed by atoms with Crippen LogP contribution >= 0.6 is 0 Å². The maximum atomic E-state index is 11.5. The monoisotopic (exact) mass is 285 g/mol. The molecule has 116 valence electrons.